The van der Waals surface area contributed by atoms with Crippen molar-refractivity contribution in [1.82, 2.24) is 14.9 Å². The van der Waals surface area contributed by atoms with Gasteiger partial charge < -0.3 is 9.80 Å². The molecule has 1 amide bonds. The van der Waals surface area contributed by atoms with Crippen LogP contribution in [0.2, 0.25) is 0 Å². The quantitative estimate of drug-likeness (QED) is 0.677. The van der Waals surface area contributed by atoms with Crippen LogP contribution in [0.3, 0.4) is 0 Å². The van der Waals surface area contributed by atoms with E-state index in [1.807, 2.05) is 24.1 Å². The highest BCUT2D eigenvalue weighted by molar-refractivity contribution is 6.07. The summed E-state index contributed by atoms with van der Waals surface area (Å²) in [5.41, 5.74) is 1.96. The molecule has 3 heterocycles. The number of para-hydroxylation sites is 1. The zero-order chi connectivity index (χ0) is 20.3. The maximum atomic E-state index is 13.1. The van der Waals surface area contributed by atoms with Gasteiger partial charge in [0.15, 0.2) is 0 Å². The minimum atomic E-state index is -0.339. The van der Waals surface area contributed by atoms with Crippen LogP contribution in [0, 0.1) is 0 Å². The molecule has 1 aromatic heterocycles. The number of amides is 1. The molecule has 0 spiro atoms. The van der Waals surface area contributed by atoms with Crippen molar-refractivity contribution in [3.05, 3.63) is 48.3 Å². The monoisotopic (exact) mass is 393 g/mol. The summed E-state index contributed by atoms with van der Waals surface area (Å²) in [6, 6.07) is 10.2. The molecule has 6 nitrogen and oxygen atoms in total. The number of hydrogen-bond donors (Lipinski definition) is 0. The lowest BCUT2D eigenvalue weighted by atomic mass is 9.75. The fraction of sp³-hybridized carbons (Fsp3) is 0.522. The summed E-state index contributed by atoms with van der Waals surface area (Å²) in [5, 5.41) is 0. The fourth-order valence-electron chi connectivity index (χ4n) is 4.86. The van der Waals surface area contributed by atoms with Crippen LogP contribution in [-0.4, -0.2) is 60.5 Å². The number of carbonyl (C=O) groups is 1. The number of carbonyl (C=O) groups excluding carboxylic acids is 1. The van der Waals surface area contributed by atoms with Gasteiger partial charge in [-0.3, -0.25) is 9.69 Å². The molecule has 1 unspecified atom stereocenters. The van der Waals surface area contributed by atoms with E-state index >= 15 is 0 Å². The zero-order valence-corrected chi connectivity index (χ0v) is 17.5. The largest absolute Gasteiger partial charge is 0.338 e. The first-order valence-corrected chi connectivity index (χ1v) is 10.8. The third-order valence-electron chi connectivity index (χ3n) is 6.63. The molecule has 29 heavy (non-hydrogen) atoms. The van der Waals surface area contributed by atoms with Crippen LogP contribution in [0.15, 0.2) is 42.7 Å². The van der Waals surface area contributed by atoms with Crippen LogP contribution in [-0.2, 0) is 10.2 Å². The predicted octanol–water partition coefficient (Wildman–Crippen LogP) is 3.09. The Balaban J connectivity index is 1.28. The Labute approximate surface area is 173 Å². The van der Waals surface area contributed by atoms with Gasteiger partial charge >= 0.3 is 0 Å². The molecule has 154 valence electrons. The smallest absolute Gasteiger partial charge is 0.237 e. The number of nitrogens with zero attached hydrogens (tertiary/aromatic N) is 5. The van der Waals surface area contributed by atoms with Crippen LogP contribution in [0.25, 0.3) is 0 Å². The average Bonchev–Trinajstić information content (AvgIpc) is 3.00. The third-order valence-corrected chi connectivity index (χ3v) is 6.63. The Morgan fingerprint density at radius 1 is 1.00 bits per heavy atom. The molecule has 0 saturated carbocycles. The summed E-state index contributed by atoms with van der Waals surface area (Å²) >= 11 is 0. The highest BCUT2D eigenvalue weighted by Crippen LogP contribution is 2.46. The Hall–Kier alpha value is -2.47. The molecule has 2 aromatic rings. The molecule has 1 aromatic carbocycles. The first-order chi connectivity index (χ1) is 14.2. The number of likely N-dealkylation sites (N-methyl/N-ethyl adjacent to an activating group) is 1. The van der Waals surface area contributed by atoms with Gasteiger partial charge in [0, 0.05) is 51.3 Å². The highest BCUT2D eigenvalue weighted by atomic mass is 16.2. The van der Waals surface area contributed by atoms with E-state index < -0.39 is 0 Å². The number of hydrogen-bond acceptors (Lipinski definition) is 5. The number of rotatable bonds is 7. The van der Waals surface area contributed by atoms with Crippen molar-refractivity contribution in [3.8, 4) is 0 Å². The Kier molecular flexibility index (Phi) is 5.81. The molecule has 0 N–H and O–H groups in total. The molecule has 2 aliphatic rings. The first-order valence-electron chi connectivity index (χ1n) is 10.8. The minimum Gasteiger partial charge on any atom is -0.338 e. The van der Waals surface area contributed by atoms with Gasteiger partial charge in [-0.25, -0.2) is 9.97 Å². The van der Waals surface area contributed by atoms with Crippen molar-refractivity contribution < 1.29 is 4.79 Å². The van der Waals surface area contributed by atoms with E-state index in [1.54, 1.807) is 12.4 Å². The number of aromatic nitrogens is 2. The van der Waals surface area contributed by atoms with Crippen molar-refractivity contribution in [2.24, 2.45) is 0 Å². The second-order valence-electron chi connectivity index (χ2n) is 8.15. The van der Waals surface area contributed by atoms with E-state index in [2.05, 4.69) is 44.9 Å². The van der Waals surface area contributed by atoms with Crippen LogP contribution in [0.5, 0.6) is 0 Å². The number of anilines is 2. The third kappa shape index (κ3) is 3.73. The Morgan fingerprint density at radius 3 is 2.45 bits per heavy atom. The molecular formula is C23H31N5O. The molecule has 1 saturated heterocycles. The molecule has 1 atom stereocenters. The second kappa shape index (κ2) is 8.49. The standard InChI is InChI=1S/C23H31N5O/c1-3-23(19-9-4-5-10-20(19)26(2)21(23)29)11-6-7-14-27-15-17-28(18-16-27)22-24-12-8-13-25-22/h4-5,8-10,12-13H,3,6-7,11,14-18H2,1-2H3. The highest BCUT2D eigenvalue weighted by Gasteiger charge is 2.47. The Morgan fingerprint density at radius 2 is 1.72 bits per heavy atom. The minimum absolute atomic E-state index is 0.262. The van der Waals surface area contributed by atoms with Gasteiger partial charge in [0.25, 0.3) is 0 Å². The number of piperazine rings is 1. The normalized spacial score (nSPS) is 22.2. The maximum Gasteiger partial charge on any atom is 0.237 e. The van der Waals surface area contributed by atoms with E-state index in [1.165, 1.54) is 5.56 Å². The summed E-state index contributed by atoms with van der Waals surface area (Å²) in [5.74, 6) is 1.09. The summed E-state index contributed by atoms with van der Waals surface area (Å²) in [6.45, 7) is 7.27. The Bertz CT molecular complexity index is 834. The van der Waals surface area contributed by atoms with Gasteiger partial charge in [-0.2, -0.15) is 0 Å². The fourth-order valence-corrected chi connectivity index (χ4v) is 4.86. The van der Waals surface area contributed by atoms with E-state index in [-0.39, 0.29) is 11.3 Å². The van der Waals surface area contributed by atoms with Crippen molar-refractivity contribution in [2.45, 2.75) is 38.0 Å². The molecule has 0 aliphatic carbocycles. The molecule has 1 fully saturated rings. The van der Waals surface area contributed by atoms with Crippen molar-refractivity contribution in [3.63, 3.8) is 0 Å². The number of fused-ring (bicyclic) bond motifs is 1. The lowest BCUT2D eigenvalue weighted by Crippen LogP contribution is -2.47. The second-order valence-corrected chi connectivity index (χ2v) is 8.15. The van der Waals surface area contributed by atoms with Gasteiger partial charge in [0.2, 0.25) is 11.9 Å². The van der Waals surface area contributed by atoms with E-state index in [4.69, 9.17) is 0 Å². The first kappa shape index (κ1) is 19.8. The number of unbranched alkanes of at least 4 members (excludes halogenated alkanes) is 1. The summed E-state index contributed by atoms with van der Waals surface area (Å²) < 4.78 is 0. The molecule has 2 aliphatic heterocycles. The topological polar surface area (TPSA) is 52.6 Å². The van der Waals surface area contributed by atoms with Gasteiger partial charge in [-0.1, -0.05) is 31.5 Å². The summed E-state index contributed by atoms with van der Waals surface area (Å²) in [7, 11) is 1.91. The zero-order valence-electron chi connectivity index (χ0n) is 17.5. The summed E-state index contributed by atoms with van der Waals surface area (Å²) in [4.78, 5) is 28.4. The molecule has 0 bridgehead atoms. The molecule has 6 heteroatoms. The summed E-state index contributed by atoms with van der Waals surface area (Å²) in [6.07, 6.45) is 7.60. The number of benzene rings is 1. The van der Waals surface area contributed by atoms with E-state index in [0.717, 1.165) is 70.0 Å². The van der Waals surface area contributed by atoms with E-state index in [9.17, 15) is 4.79 Å². The molecular weight excluding hydrogens is 362 g/mol. The van der Waals surface area contributed by atoms with Gasteiger partial charge in [0.05, 0.1) is 5.41 Å². The SMILES string of the molecule is CCC1(CCCCN2CCN(c3ncccn3)CC2)C(=O)N(C)c2ccccc21. The van der Waals surface area contributed by atoms with Crippen molar-refractivity contribution >= 4 is 17.5 Å². The van der Waals surface area contributed by atoms with Gasteiger partial charge in [0.1, 0.15) is 0 Å². The van der Waals surface area contributed by atoms with Crippen molar-refractivity contribution in [2.75, 3.05) is 49.6 Å². The van der Waals surface area contributed by atoms with Gasteiger partial charge in [-0.05, 0) is 43.5 Å². The predicted molar refractivity (Wildman–Crippen MR) is 116 cm³/mol. The van der Waals surface area contributed by atoms with E-state index in [0.29, 0.717) is 0 Å². The van der Waals surface area contributed by atoms with Crippen LogP contribution >= 0.6 is 0 Å². The lowest BCUT2D eigenvalue weighted by molar-refractivity contribution is -0.123. The van der Waals surface area contributed by atoms with Crippen LogP contribution < -0.4 is 9.80 Å². The molecule has 4 rings (SSSR count). The molecule has 0 radical (unpaired) electrons. The van der Waals surface area contributed by atoms with Crippen molar-refractivity contribution in [1.29, 1.82) is 0 Å². The average molecular weight is 394 g/mol. The maximum absolute atomic E-state index is 13.1. The van der Waals surface area contributed by atoms with Gasteiger partial charge in [-0.15, -0.1) is 0 Å². The lowest BCUT2D eigenvalue weighted by Gasteiger charge is -2.35. The van der Waals surface area contributed by atoms with Crippen LogP contribution in [0.4, 0.5) is 11.6 Å². The van der Waals surface area contributed by atoms with Crippen LogP contribution in [0.1, 0.15) is 38.2 Å².